The van der Waals surface area contributed by atoms with E-state index in [9.17, 15) is 23.3 Å². The second-order valence-electron chi connectivity index (χ2n) is 9.54. The van der Waals surface area contributed by atoms with Crippen LogP contribution in [0.25, 0.3) is 22.4 Å². The number of ether oxygens (including phenoxy) is 1. The van der Waals surface area contributed by atoms with Crippen LogP contribution in [-0.4, -0.2) is 57.3 Å². The molecule has 1 aliphatic rings. The summed E-state index contributed by atoms with van der Waals surface area (Å²) < 4.78 is 47.1. The number of nitrogens with zero attached hydrogens (tertiary/aromatic N) is 6. The summed E-state index contributed by atoms with van der Waals surface area (Å²) in [5, 5.41) is 18.9. The number of halogens is 3. The van der Waals surface area contributed by atoms with Crippen molar-refractivity contribution in [3.8, 4) is 28.1 Å². The van der Waals surface area contributed by atoms with Gasteiger partial charge in [0.1, 0.15) is 29.7 Å². The quantitative estimate of drug-likeness (QED) is 0.211. The number of benzene rings is 1. The first-order chi connectivity index (χ1) is 19.7. The van der Waals surface area contributed by atoms with E-state index in [2.05, 4.69) is 25.3 Å². The summed E-state index contributed by atoms with van der Waals surface area (Å²) in [6, 6.07) is 8.44. The Labute approximate surface area is 232 Å². The minimum atomic E-state index is -2.55. The molecule has 214 valence electrons. The molecule has 0 bridgehead atoms. The highest BCUT2D eigenvalue weighted by Crippen LogP contribution is 2.38. The number of aromatic nitrogens is 4. The van der Waals surface area contributed by atoms with E-state index in [1.165, 1.54) is 54.5 Å². The first-order valence-corrected chi connectivity index (χ1v) is 12.8. The van der Waals surface area contributed by atoms with Crippen LogP contribution in [0.5, 0.6) is 5.75 Å². The average Bonchev–Trinajstić information content (AvgIpc) is 3.40. The molecule has 0 amide bonds. The molecule has 3 N–H and O–H groups in total. The van der Waals surface area contributed by atoms with Crippen molar-refractivity contribution in [2.24, 2.45) is 5.73 Å². The third-order valence-electron chi connectivity index (χ3n) is 6.71. The van der Waals surface area contributed by atoms with Gasteiger partial charge in [0.05, 0.1) is 23.8 Å². The van der Waals surface area contributed by atoms with Crippen LogP contribution in [0.1, 0.15) is 12.8 Å². The molecule has 5 rings (SSSR count). The molecule has 11 nitrogen and oxygen atoms in total. The molecular formula is C27H27F3N8O3. The molecule has 1 atom stereocenters. The first-order valence-electron chi connectivity index (χ1n) is 12.8. The molecule has 1 saturated heterocycles. The molecule has 4 aromatic rings. The second kappa shape index (κ2) is 11.8. The van der Waals surface area contributed by atoms with Crippen molar-refractivity contribution in [1.82, 2.24) is 19.7 Å². The van der Waals surface area contributed by atoms with Crippen LogP contribution in [0, 0.1) is 15.9 Å². The number of piperidine rings is 1. The Morgan fingerprint density at radius 2 is 2.07 bits per heavy atom. The highest BCUT2D eigenvalue weighted by atomic mass is 19.3. The molecule has 0 spiro atoms. The highest BCUT2D eigenvalue weighted by molar-refractivity contribution is 5.81. The number of nitrogens with one attached hydrogen (secondary N) is 1. The Balaban J connectivity index is 1.54. The van der Waals surface area contributed by atoms with Gasteiger partial charge in [0.15, 0.2) is 5.69 Å². The van der Waals surface area contributed by atoms with Crippen molar-refractivity contribution < 1.29 is 22.8 Å². The lowest BCUT2D eigenvalue weighted by molar-refractivity contribution is -0.384. The fourth-order valence-electron chi connectivity index (χ4n) is 4.86. The minimum absolute atomic E-state index is 0.0441. The van der Waals surface area contributed by atoms with Crippen molar-refractivity contribution in [3.63, 3.8) is 0 Å². The van der Waals surface area contributed by atoms with Gasteiger partial charge in [-0.3, -0.25) is 14.8 Å². The summed E-state index contributed by atoms with van der Waals surface area (Å²) in [5.74, 6) is -0.0927. The van der Waals surface area contributed by atoms with Gasteiger partial charge in [0.25, 0.3) is 12.1 Å². The Bertz CT molecular complexity index is 1560. The van der Waals surface area contributed by atoms with Crippen LogP contribution in [0.15, 0.2) is 55.0 Å². The lowest BCUT2D eigenvalue weighted by Gasteiger charge is -2.34. The maximum Gasteiger partial charge on any atom is 0.295 e. The van der Waals surface area contributed by atoms with E-state index in [1.54, 1.807) is 12.3 Å². The number of rotatable bonds is 9. The van der Waals surface area contributed by atoms with Gasteiger partial charge in [-0.15, -0.1) is 0 Å². The maximum absolute atomic E-state index is 14.9. The molecule has 3 aromatic heterocycles. The molecular weight excluding hydrogens is 541 g/mol. The molecule has 1 aliphatic heterocycles. The minimum Gasteiger partial charge on any atom is -0.496 e. The number of hydrogen-bond donors (Lipinski definition) is 2. The molecule has 0 radical (unpaired) electrons. The molecule has 4 heterocycles. The van der Waals surface area contributed by atoms with Gasteiger partial charge in [0.2, 0.25) is 0 Å². The lowest BCUT2D eigenvalue weighted by Crippen LogP contribution is -2.43. The summed E-state index contributed by atoms with van der Waals surface area (Å²) in [4.78, 5) is 22.1. The largest absolute Gasteiger partial charge is 0.496 e. The smallest absolute Gasteiger partial charge is 0.295 e. The topological polar surface area (TPSA) is 137 Å². The number of nitrogens with two attached hydrogens (primary N) is 1. The van der Waals surface area contributed by atoms with E-state index in [0.29, 0.717) is 23.5 Å². The average molecular weight is 569 g/mol. The lowest BCUT2D eigenvalue weighted by atomic mass is 10.0. The van der Waals surface area contributed by atoms with Crippen molar-refractivity contribution in [3.05, 3.63) is 70.9 Å². The fraction of sp³-hybridized carbons (Fsp3) is 0.296. The summed E-state index contributed by atoms with van der Waals surface area (Å²) >= 11 is 0. The predicted octanol–water partition coefficient (Wildman–Crippen LogP) is 5.00. The molecule has 0 saturated carbocycles. The van der Waals surface area contributed by atoms with Crippen LogP contribution in [-0.2, 0) is 6.54 Å². The zero-order valence-corrected chi connectivity index (χ0v) is 22.0. The van der Waals surface area contributed by atoms with Gasteiger partial charge in [-0.2, -0.15) is 5.10 Å². The third kappa shape index (κ3) is 6.06. The molecule has 0 aliphatic carbocycles. The normalized spacial score (nSPS) is 15.3. The number of hydrogen-bond acceptors (Lipinski definition) is 9. The van der Waals surface area contributed by atoms with Crippen molar-refractivity contribution >= 4 is 23.0 Å². The van der Waals surface area contributed by atoms with Crippen LogP contribution < -0.4 is 20.7 Å². The number of anilines is 3. The molecule has 0 unspecified atom stereocenters. The Hall–Kier alpha value is -4.72. The molecule has 1 fully saturated rings. The second-order valence-corrected chi connectivity index (χ2v) is 9.54. The Morgan fingerprint density at radius 3 is 2.80 bits per heavy atom. The third-order valence-corrected chi connectivity index (χ3v) is 6.71. The zero-order valence-electron chi connectivity index (χ0n) is 22.0. The summed E-state index contributed by atoms with van der Waals surface area (Å²) in [6.45, 7) is 0.773. The number of nitro groups is 1. The standard InChI is InChI=1S/C27H27F3N8O3/c1-41-22-6-2-5-19(28)26(22)27-20(38(39)40)7-8-24(35-27)34-25-10-21(36-9-3-4-17(31)14-36)18(12-32-25)16-11-33-37(13-16)15-23(29)30/h2,5-8,10-13,17,23H,3-4,9,14-15,31H2,1H3,(H,32,34,35)/t17-/m0/s1. The number of alkyl halides is 2. The van der Waals surface area contributed by atoms with Gasteiger partial charge in [-0.05, 0) is 31.0 Å². The van der Waals surface area contributed by atoms with Gasteiger partial charge < -0.3 is 20.7 Å². The monoisotopic (exact) mass is 568 g/mol. The van der Waals surface area contributed by atoms with Gasteiger partial charge in [0, 0.05) is 60.5 Å². The Morgan fingerprint density at radius 1 is 1.24 bits per heavy atom. The number of pyridine rings is 2. The summed E-state index contributed by atoms with van der Waals surface area (Å²) in [5.41, 5.74) is 7.54. The first kappa shape index (κ1) is 27.8. The van der Waals surface area contributed by atoms with Crippen LogP contribution in [0.2, 0.25) is 0 Å². The van der Waals surface area contributed by atoms with E-state index in [4.69, 9.17) is 10.5 Å². The molecule has 41 heavy (non-hydrogen) atoms. The van der Waals surface area contributed by atoms with Crippen LogP contribution >= 0.6 is 0 Å². The van der Waals surface area contributed by atoms with E-state index in [0.717, 1.165) is 25.1 Å². The van der Waals surface area contributed by atoms with Gasteiger partial charge >= 0.3 is 0 Å². The van der Waals surface area contributed by atoms with E-state index < -0.39 is 29.4 Å². The summed E-state index contributed by atoms with van der Waals surface area (Å²) in [6.07, 6.45) is 3.84. The van der Waals surface area contributed by atoms with Crippen LogP contribution in [0.3, 0.4) is 0 Å². The molecule has 14 heteroatoms. The van der Waals surface area contributed by atoms with Crippen LogP contribution in [0.4, 0.5) is 36.2 Å². The fourth-order valence-corrected chi connectivity index (χ4v) is 4.86. The summed E-state index contributed by atoms with van der Waals surface area (Å²) in [7, 11) is 1.34. The van der Waals surface area contributed by atoms with Gasteiger partial charge in [-0.25, -0.2) is 23.1 Å². The van der Waals surface area contributed by atoms with Gasteiger partial charge in [-0.1, -0.05) is 6.07 Å². The SMILES string of the molecule is COc1cccc(F)c1-c1nc(Nc2cc(N3CCC[C@H](N)C3)c(-c3cnn(CC(F)F)c3)cn2)ccc1[N+](=O)[O-]. The molecule has 1 aromatic carbocycles. The highest BCUT2D eigenvalue weighted by Gasteiger charge is 2.25. The maximum atomic E-state index is 14.9. The van der Waals surface area contributed by atoms with E-state index >= 15 is 0 Å². The van der Waals surface area contributed by atoms with Crippen molar-refractivity contribution in [2.75, 3.05) is 30.4 Å². The predicted molar refractivity (Wildman–Crippen MR) is 147 cm³/mol. The van der Waals surface area contributed by atoms with E-state index in [1.807, 2.05) is 0 Å². The van der Waals surface area contributed by atoms with Crippen molar-refractivity contribution in [1.29, 1.82) is 0 Å². The van der Waals surface area contributed by atoms with E-state index in [-0.39, 0.29) is 28.9 Å². The zero-order chi connectivity index (χ0) is 29.1. The number of methoxy groups -OCH3 is 1. The van der Waals surface area contributed by atoms with Crippen molar-refractivity contribution in [2.45, 2.75) is 31.9 Å². The Kier molecular flexibility index (Phi) is 8.01.